The number of methoxy groups -OCH3 is 1. The number of imidazole rings is 1. The number of hydrogen-bond donors (Lipinski definition) is 1. The molecule has 5 heterocycles. The molecule has 0 aromatic carbocycles. The summed E-state index contributed by atoms with van der Waals surface area (Å²) < 4.78 is 28.5. The maximum absolute atomic E-state index is 13.3. The van der Waals surface area contributed by atoms with Gasteiger partial charge in [-0.25, -0.2) is 18.9 Å². The lowest BCUT2D eigenvalue weighted by molar-refractivity contribution is 0.0525. The molecule has 11 nitrogen and oxygen atoms in total. The summed E-state index contributed by atoms with van der Waals surface area (Å²) in [6.45, 7) is 2.93. The van der Waals surface area contributed by atoms with Crippen molar-refractivity contribution in [1.82, 2.24) is 34.3 Å². The number of carboxylic acid groups (broad SMARTS) is 1. The predicted octanol–water partition coefficient (Wildman–Crippen LogP) is 4.17. The number of carbonyl (C=O) groups is 1. The molecule has 1 fully saturated rings. The van der Waals surface area contributed by atoms with E-state index in [2.05, 4.69) is 20.3 Å². The van der Waals surface area contributed by atoms with Gasteiger partial charge >= 0.3 is 6.09 Å². The third-order valence-corrected chi connectivity index (χ3v) is 6.83. The van der Waals surface area contributed by atoms with Crippen molar-refractivity contribution in [2.24, 2.45) is 0 Å². The van der Waals surface area contributed by atoms with Gasteiger partial charge in [0.1, 0.15) is 35.0 Å². The van der Waals surface area contributed by atoms with E-state index in [9.17, 15) is 14.3 Å². The Labute approximate surface area is 216 Å². The van der Waals surface area contributed by atoms with Gasteiger partial charge in [-0.15, -0.1) is 5.10 Å². The van der Waals surface area contributed by atoms with Crippen molar-refractivity contribution in [1.29, 1.82) is 0 Å². The molecular formula is C24H25ClFN7O4. The summed E-state index contributed by atoms with van der Waals surface area (Å²) in [5.41, 5.74) is 3.35. The molecule has 0 radical (unpaired) electrons. The highest BCUT2D eigenvalue weighted by Gasteiger charge is 2.26. The number of rotatable bonds is 7. The van der Waals surface area contributed by atoms with Crippen LogP contribution >= 0.6 is 11.6 Å². The number of aromatic nitrogens is 6. The smallest absolute Gasteiger partial charge is 0.407 e. The predicted molar refractivity (Wildman–Crippen MR) is 131 cm³/mol. The van der Waals surface area contributed by atoms with Gasteiger partial charge in [-0.1, -0.05) is 16.8 Å². The highest BCUT2D eigenvalue weighted by Crippen LogP contribution is 2.32. The number of nitrogens with zero attached hydrogens (tertiary/aromatic N) is 7. The zero-order chi connectivity index (χ0) is 26.1. The van der Waals surface area contributed by atoms with Crippen LogP contribution in [0.25, 0.3) is 16.9 Å². The molecule has 5 rings (SSSR count). The molecule has 0 spiro atoms. The second-order valence-electron chi connectivity index (χ2n) is 8.76. The second-order valence-corrected chi connectivity index (χ2v) is 9.15. The maximum atomic E-state index is 13.3. The molecule has 1 saturated heterocycles. The fourth-order valence-corrected chi connectivity index (χ4v) is 4.77. The first-order valence-electron chi connectivity index (χ1n) is 11.7. The van der Waals surface area contributed by atoms with Crippen molar-refractivity contribution in [2.75, 3.05) is 26.8 Å². The van der Waals surface area contributed by atoms with Crippen LogP contribution in [0.5, 0.6) is 5.88 Å². The number of halogens is 2. The van der Waals surface area contributed by atoms with E-state index in [1.165, 1.54) is 24.3 Å². The number of hydrogen-bond acceptors (Lipinski definition) is 7. The molecule has 37 heavy (non-hydrogen) atoms. The van der Waals surface area contributed by atoms with E-state index in [1.807, 2.05) is 17.7 Å². The highest BCUT2D eigenvalue weighted by atomic mass is 35.5. The lowest BCUT2D eigenvalue weighted by Crippen LogP contribution is -2.38. The molecule has 194 valence electrons. The minimum absolute atomic E-state index is 0.0582. The molecule has 0 bridgehead atoms. The number of piperidine rings is 1. The molecular weight excluding hydrogens is 505 g/mol. The van der Waals surface area contributed by atoms with Crippen LogP contribution in [0, 0.1) is 12.7 Å². The van der Waals surface area contributed by atoms with Crippen molar-refractivity contribution in [3.05, 3.63) is 59.0 Å². The monoisotopic (exact) mass is 529 g/mol. The zero-order valence-electron chi connectivity index (χ0n) is 20.2. The Kier molecular flexibility index (Phi) is 6.94. The van der Waals surface area contributed by atoms with E-state index >= 15 is 0 Å². The quantitative estimate of drug-likeness (QED) is 0.379. The minimum Gasteiger partial charge on any atom is -0.475 e. The summed E-state index contributed by atoms with van der Waals surface area (Å²) in [7, 11) is 1.53. The Morgan fingerprint density at radius 2 is 2.03 bits per heavy atom. The molecule has 0 saturated carbocycles. The van der Waals surface area contributed by atoms with Crippen LogP contribution in [0.15, 0.2) is 36.7 Å². The lowest BCUT2D eigenvalue weighted by Gasteiger charge is -2.30. The second kappa shape index (κ2) is 10.3. The van der Waals surface area contributed by atoms with E-state index in [0.717, 1.165) is 17.5 Å². The minimum atomic E-state index is -0.903. The summed E-state index contributed by atoms with van der Waals surface area (Å²) in [5, 5.41) is 18.4. The largest absolute Gasteiger partial charge is 0.475 e. The van der Waals surface area contributed by atoms with E-state index in [0.29, 0.717) is 54.0 Å². The Balaban J connectivity index is 1.42. The highest BCUT2D eigenvalue weighted by molar-refractivity contribution is 6.29. The van der Waals surface area contributed by atoms with E-state index in [1.54, 1.807) is 16.5 Å². The SMILES string of the molecule is COC(COc1cc(-c2nnn(C3CCN(C(=O)O)CC3)c2C)cc2ncc(Cl)n12)c1ccc(F)cn1. The summed E-state index contributed by atoms with van der Waals surface area (Å²) in [6, 6.07) is 6.58. The van der Waals surface area contributed by atoms with Crippen LogP contribution in [0.2, 0.25) is 5.15 Å². The van der Waals surface area contributed by atoms with Gasteiger partial charge in [0.15, 0.2) is 0 Å². The summed E-state index contributed by atoms with van der Waals surface area (Å²) in [6.07, 6.45) is 2.54. The van der Waals surface area contributed by atoms with Crippen LogP contribution in [0.3, 0.4) is 0 Å². The fraction of sp³-hybridized carbons (Fsp3) is 0.375. The van der Waals surface area contributed by atoms with Gasteiger partial charge in [0.25, 0.3) is 0 Å². The average Bonchev–Trinajstić information content (AvgIpc) is 3.47. The van der Waals surface area contributed by atoms with Gasteiger partial charge in [0.05, 0.1) is 29.8 Å². The Hall–Kier alpha value is -3.77. The van der Waals surface area contributed by atoms with Crippen LogP contribution < -0.4 is 4.74 Å². The number of ether oxygens (including phenoxy) is 2. The lowest BCUT2D eigenvalue weighted by atomic mass is 10.0. The first kappa shape index (κ1) is 24.9. The normalized spacial score (nSPS) is 15.3. The van der Waals surface area contributed by atoms with Gasteiger partial charge in [-0.2, -0.15) is 0 Å². The standard InChI is InChI=1S/C24H25ClFN7O4/c1-14-23(29-30-33(14)17-5-7-31(8-6-17)24(34)35)15-9-21-28-12-20(25)32(21)22(10-15)37-13-19(36-2)18-4-3-16(26)11-27-18/h3-4,9-12,17,19H,5-8,13H2,1-2H3,(H,34,35). The van der Waals surface area contributed by atoms with Gasteiger partial charge in [-0.3, -0.25) is 9.38 Å². The fourth-order valence-electron chi connectivity index (χ4n) is 4.55. The van der Waals surface area contributed by atoms with E-state index < -0.39 is 18.0 Å². The summed E-state index contributed by atoms with van der Waals surface area (Å²) in [5.74, 6) is -0.0159. The van der Waals surface area contributed by atoms with Crippen molar-refractivity contribution in [2.45, 2.75) is 31.9 Å². The topological polar surface area (TPSA) is 120 Å². The molecule has 4 aromatic heterocycles. The molecule has 4 aromatic rings. The van der Waals surface area contributed by atoms with Crippen molar-refractivity contribution < 1.29 is 23.8 Å². The van der Waals surface area contributed by atoms with Crippen LogP contribution in [0.4, 0.5) is 9.18 Å². The first-order valence-corrected chi connectivity index (χ1v) is 12.1. The number of fused-ring (bicyclic) bond motifs is 1. The van der Waals surface area contributed by atoms with Crippen LogP contribution in [0.1, 0.15) is 36.4 Å². The molecule has 1 unspecified atom stereocenters. The van der Waals surface area contributed by atoms with Crippen molar-refractivity contribution in [3.8, 4) is 17.1 Å². The third kappa shape index (κ3) is 4.94. The van der Waals surface area contributed by atoms with Crippen LogP contribution in [-0.4, -0.2) is 72.3 Å². The summed E-state index contributed by atoms with van der Waals surface area (Å²) >= 11 is 6.39. The molecule has 13 heteroatoms. The first-order chi connectivity index (χ1) is 17.9. The summed E-state index contributed by atoms with van der Waals surface area (Å²) in [4.78, 5) is 21.1. The maximum Gasteiger partial charge on any atom is 0.407 e. The van der Waals surface area contributed by atoms with E-state index in [4.69, 9.17) is 21.1 Å². The molecule has 1 aliphatic rings. The van der Waals surface area contributed by atoms with Crippen LogP contribution in [-0.2, 0) is 4.74 Å². The van der Waals surface area contributed by atoms with Crippen molar-refractivity contribution in [3.63, 3.8) is 0 Å². The molecule has 0 aliphatic carbocycles. The third-order valence-electron chi connectivity index (χ3n) is 6.56. The van der Waals surface area contributed by atoms with E-state index in [-0.39, 0.29) is 12.6 Å². The van der Waals surface area contributed by atoms with Gasteiger partial charge < -0.3 is 19.5 Å². The van der Waals surface area contributed by atoms with Gasteiger partial charge in [0.2, 0.25) is 5.88 Å². The number of pyridine rings is 2. The molecule has 1 N–H and O–H groups in total. The van der Waals surface area contributed by atoms with Gasteiger partial charge in [-0.05, 0) is 38.0 Å². The number of likely N-dealkylation sites (tertiary alicyclic amines) is 1. The van der Waals surface area contributed by atoms with Crippen molar-refractivity contribution >= 4 is 23.3 Å². The Morgan fingerprint density at radius 1 is 1.24 bits per heavy atom. The van der Waals surface area contributed by atoms with Gasteiger partial charge in [0, 0.05) is 31.8 Å². The number of amides is 1. The Morgan fingerprint density at radius 3 is 2.70 bits per heavy atom. The molecule has 1 aliphatic heterocycles. The molecule has 1 amide bonds. The Bertz CT molecular complexity index is 1420. The zero-order valence-corrected chi connectivity index (χ0v) is 21.0. The molecule has 1 atom stereocenters. The average molecular weight is 530 g/mol.